The van der Waals surface area contributed by atoms with Crippen LogP contribution in [0.15, 0.2) is 63.7 Å². The van der Waals surface area contributed by atoms with E-state index < -0.39 is 11.5 Å². The van der Waals surface area contributed by atoms with E-state index in [1.807, 2.05) is 30.3 Å². The Balaban J connectivity index is 1.46. The fraction of sp³-hybridized carbons (Fsp3) is 0.158. The van der Waals surface area contributed by atoms with E-state index in [4.69, 9.17) is 8.94 Å². The Morgan fingerprint density at radius 1 is 1.23 bits per heavy atom. The molecule has 26 heavy (non-hydrogen) atoms. The molecule has 4 rings (SSSR count). The third-order valence-corrected chi connectivity index (χ3v) is 5.43. The third kappa shape index (κ3) is 3.14. The van der Waals surface area contributed by atoms with Crippen LogP contribution >= 0.6 is 11.3 Å². The number of nitrogens with zero attached hydrogens (tertiary/aromatic N) is 1. The average molecular weight is 368 g/mol. The maximum Gasteiger partial charge on any atom is 0.273 e. The molecule has 3 heterocycles. The van der Waals surface area contributed by atoms with Gasteiger partial charge in [-0.2, -0.15) is 0 Å². The van der Waals surface area contributed by atoms with Gasteiger partial charge in [0, 0.05) is 15.6 Å². The van der Waals surface area contributed by atoms with Gasteiger partial charge in [-0.05, 0) is 36.6 Å². The Morgan fingerprint density at radius 3 is 2.85 bits per heavy atom. The lowest BCUT2D eigenvalue weighted by Crippen LogP contribution is -2.38. The first-order chi connectivity index (χ1) is 12.5. The minimum Gasteiger partial charge on any atom is -0.461 e. The number of thiophene rings is 1. The van der Waals surface area contributed by atoms with E-state index in [0.717, 1.165) is 15.0 Å². The maximum atomic E-state index is 12.3. The van der Waals surface area contributed by atoms with E-state index in [2.05, 4.69) is 10.5 Å². The zero-order valence-corrected chi connectivity index (χ0v) is 14.7. The normalized spacial score (nSPS) is 13.6. The molecule has 6 nitrogen and oxygen atoms in total. The highest BCUT2D eigenvalue weighted by Gasteiger charge is 2.27. The van der Waals surface area contributed by atoms with Crippen LogP contribution in [0.1, 0.15) is 22.3 Å². The highest BCUT2D eigenvalue weighted by atomic mass is 32.1. The lowest BCUT2D eigenvalue weighted by molar-refractivity contribution is 0.0554. The van der Waals surface area contributed by atoms with Crippen LogP contribution in [0, 0.1) is 0 Å². The van der Waals surface area contributed by atoms with Crippen molar-refractivity contribution in [1.82, 2.24) is 10.5 Å². The van der Waals surface area contributed by atoms with Crippen molar-refractivity contribution in [3.8, 4) is 11.5 Å². The van der Waals surface area contributed by atoms with Crippen LogP contribution in [0.2, 0.25) is 0 Å². The van der Waals surface area contributed by atoms with E-state index >= 15 is 0 Å². The van der Waals surface area contributed by atoms with Crippen molar-refractivity contribution in [2.45, 2.75) is 12.5 Å². The Hall–Kier alpha value is -2.90. The van der Waals surface area contributed by atoms with Gasteiger partial charge in [0.1, 0.15) is 5.60 Å². The second-order valence-corrected chi connectivity index (χ2v) is 7.24. The summed E-state index contributed by atoms with van der Waals surface area (Å²) in [7, 11) is 0. The number of carbonyl (C=O) groups is 1. The van der Waals surface area contributed by atoms with E-state index in [0.29, 0.717) is 11.5 Å². The molecule has 0 aliphatic rings. The number of rotatable bonds is 5. The van der Waals surface area contributed by atoms with Crippen molar-refractivity contribution in [3.05, 3.63) is 65.4 Å². The van der Waals surface area contributed by atoms with E-state index in [-0.39, 0.29) is 12.2 Å². The predicted molar refractivity (Wildman–Crippen MR) is 97.9 cm³/mol. The Labute approximate surface area is 153 Å². The van der Waals surface area contributed by atoms with Crippen molar-refractivity contribution in [1.29, 1.82) is 0 Å². The summed E-state index contributed by atoms with van der Waals surface area (Å²) in [5.74, 6) is 0.443. The molecule has 7 heteroatoms. The molecule has 1 atom stereocenters. The number of aromatic nitrogens is 1. The first-order valence-corrected chi connectivity index (χ1v) is 8.85. The molecule has 0 aliphatic heterocycles. The lowest BCUT2D eigenvalue weighted by atomic mass is 10.0. The van der Waals surface area contributed by atoms with E-state index in [9.17, 15) is 9.90 Å². The molecule has 2 N–H and O–H groups in total. The average Bonchev–Trinajstić information content (AvgIpc) is 3.39. The molecule has 0 saturated heterocycles. The SMILES string of the molecule is CC(O)(CNC(=O)c1cc(-c2ccco2)on1)c1cc2ccccc2s1. The second-order valence-electron chi connectivity index (χ2n) is 6.16. The lowest BCUT2D eigenvalue weighted by Gasteiger charge is -2.21. The van der Waals surface area contributed by atoms with Gasteiger partial charge in [0.15, 0.2) is 11.5 Å². The molecular formula is C19H16N2O4S. The highest BCUT2D eigenvalue weighted by molar-refractivity contribution is 7.19. The second kappa shape index (κ2) is 6.44. The summed E-state index contributed by atoms with van der Waals surface area (Å²) in [6.45, 7) is 1.73. The molecule has 1 amide bonds. The topological polar surface area (TPSA) is 88.5 Å². The van der Waals surface area contributed by atoms with Crippen molar-refractivity contribution < 1.29 is 18.8 Å². The molecule has 0 spiro atoms. The van der Waals surface area contributed by atoms with Crippen LogP contribution in [-0.2, 0) is 5.60 Å². The number of hydrogen-bond donors (Lipinski definition) is 2. The van der Waals surface area contributed by atoms with Gasteiger partial charge >= 0.3 is 0 Å². The fourth-order valence-corrected chi connectivity index (χ4v) is 3.70. The summed E-state index contributed by atoms with van der Waals surface area (Å²) in [5, 5.41) is 18.3. The largest absolute Gasteiger partial charge is 0.461 e. The Morgan fingerprint density at radius 2 is 2.08 bits per heavy atom. The molecule has 132 valence electrons. The molecule has 0 radical (unpaired) electrons. The van der Waals surface area contributed by atoms with Gasteiger partial charge in [-0.25, -0.2) is 0 Å². The quantitative estimate of drug-likeness (QED) is 0.559. The zero-order chi connectivity index (χ0) is 18.1. The van der Waals surface area contributed by atoms with Crippen molar-refractivity contribution in [3.63, 3.8) is 0 Å². The summed E-state index contributed by atoms with van der Waals surface area (Å²) in [6.07, 6.45) is 1.51. The molecular weight excluding hydrogens is 352 g/mol. The summed E-state index contributed by atoms with van der Waals surface area (Å²) in [4.78, 5) is 13.1. The number of aliphatic hydroxyl groups is 1. The van der Waals surface area contributed by atoms with Gasteiger partial charge in [-0.1, -0.05) is 23.4 Å². The van der Waals surface area contributed by atoms with Crippen molar-refractivity contribution in [2.75, 3.05) is 6.54 Å². The van der Waals surface area contributed by atoms with Gasteiger partial charge in [0.2, 0.25) is 5.76 Å². The molecule has 1 aromatic carbocycles. The molecule has 1 unspecified atom stereocenters. The molecule has 0 aliphatic carbocycles. The van der Waals surface area contributed by atoms with E-state index in [1.54, 1.807) is 19.1 Å². The Bertz CT molecular complexity index is 1010. The fourth-order valence-electron chi connectivity index (χ4n) is 2.59. The number of nitrogens with one attached hydrogen (secondary N) is 1. The van der Waals surface area contributed by atoms with Crippen LogP contribution in [0.3, 0.4) is 0 Å². The maximum absolute atomic E-state index is 12.3. The van der Waals surface area contributed by atoms with E-state index in [1.165, 1.54) is 23.7 Å². The molecule has 3 aromatic heterocycles. The van der Waals surface area contributed by atoms with Crippen molar-refractivity contribution in [2.24, 2.45) is 0 Å². The van der Waals surface area contributed by atoms with Gasteiger partial charge in [0.25, 0.3) is 5.91 Å². The third-order valence-electron chi connectivity index (χ3n) is 4.06. The summed E-state index contributed by atoms with van der Waals surface area (Å²) in [5.41, 5.74) is -1.06. The number of furan rings is 1. The number of amides is 1. The number of hydrogen-bond acceptors (Lipinski definition) is 6. The van der Waals surface area contributed by atoms with Crippen LogP contribution in [0.4, 0.5) is 0 Å². The Kier molecular flexibility index (Phi) is 4.10. The molecule has 0 bridgehead atoms. The van der Waals surface area contributed by atoms with Gasteiger partial charge in [-0.3, -0.25) is 4.79 Å². The minimum absolute atomic E-state index is 0.0571. The zero-order valence-electron chi connectivity index (χ0n) is 13.9. The smallest absolute Gasteiger partial charge is 0.273 e. The highest BCUT2D eigenvalue weighted by Crippen LogP contribution is 2.32. The predicted octanol–water partition coefficient (Wildman–Crippen LogP) is 3.79. The molecule has 0 saturated carbocycles. The van der Waals surface area contributed by atoms with Crippen LogP contribution in [0.25, 0.3) is 21.6 Å². The number of carbonyl (C=O) groups excluding carboxylic acids is 1. The summed E-state index contributed by atoms with van der Waals surface area (Å²) < 4.78 is 11.4. The molecule has 0 fully saturated rings. The van der Waals surface area contributed by atoms with Gasteiger partial charge < -0.3 is 19.4 Å². The summed E-state index contributed by atoms with van der Waals surface area (Å²) in [6, 6.07) is 14.8. The standard InChI is InChI=1S/C19H16N2O4S/c1-19(23,17-9-12-5-2-3-7-16(12)26-17)11-20-18(22)13-10-15(25-21-13)14-6-4-8-24-14/h2-10,23H,11H2,1H3,(H,20,22). The molecule has 4 aromatic rings. The number of fused-ring (bicyclic) bond motifs is 1. The monoisotopic (exact) mass is 368 g/mol. The van der Waals surface area contributed by atoms with Crippen LogP contribution in [0.5, 0.6) is 0 Å². The van der Waals surface area contributed by atoms with Gasteiger partial charge in [-0.15, -0.1) is 11.3 Å². The van der Waals surface area contributed by atoms with Crippen LogP contribution in [-0.4, -0.2) is 22.7 Å². The van der Waals surface area contributed by atoms with Crippen molar-refractivity contribution >= 4 is 27.3 Å². The first kappa shape index (κ1) is 16.6. The summed E-state index contributed by atoms with van der Waals surface area (Å²) >= 11 is 1.51. The number of benzene rings is 1. The van der Waals surface area contributed by atoms with Gasteiger partial charge in [0.05, 0.1) is 12.8 Å². The first-order valence-electron chi connectivity index (χ1n) is 8.03. The van der Waals surface area contributed by atoms with Crippen LogP contribution < -0.4 is 5.32 Å². The minimum atomic E-state index is -1.19.